The van der Waals surface area contributed by atoms with Gasteiger partial charge in [-0.25, -0.2) is 0 Å². The van der Waals surface area contributed by atoms with Crippen molar-refractivity contribution in [1.82, 2.24) is 5.16 Å². The minimum atomic E-state index is 0.481. The number of rotatable bonds is 3. The first-order valence-electron chi connectivity index (χ1n) is 6.28. The maximum atomic E-state index is 5.93. The molecule has 1 aromatic heterocycles. The summed E-state index contributed by atoms with van der Waals surface area (Å²) in [6.07, 6.45) is 0. The number of aromatic nitrogens is 1. The standard InChI is InChI=1S/C16H15NO2/c1-11-15(12(2)19-17-11)10-18-16-9-5-7-13-6-3-4-8-14(13)16/h3-9H,10H2,1-2H3. The van der Waals surface area contributed by atoms with E-state index in [9.17, 15) is 0 Å². The Morgan fingerprint density at radius 3 is 2.63 bits per heavy atom. The van der Waals surface area contributed by atoms with Crippen LogP contribution in [-0.4, -0.2) is 5.16 Å². The van der Waals surface area contributed by atoms with Crippen LogP contribution in [0.5, 0.6) is 5.75 Å². The molecule has 0 radical (unpaired) electrons. The molecule has 96 valence electrons. The van der Waals surface area contributed by atoms with Crippen LogP contribution in [0.1, 0.15) is 17.0 Å². The zero-order valence-corrected chi connectivity index (χ0v) is 11.0. The molecular formula is C16H15NO2. The summed E-state index contributed by atoms with van der Waals surface area (Å²) in [5.74, 6) is 1.70. The average Bonchev–Trinajstić information content (AvgIpc) is 2.76. The topological polar surface area (TPSA) is 35.3 Å². The van der Waals surface area contributed by atoms with Crippen LogP contribution in [-0.2, 0) is 6.61 Å². The summed E-state index contributed by atoms with van der Waals surface area (Å²) < 4.78 is 11.1. The maximum absolute atomic E-state index is 5.93. The van der Waals surface area contributed by atoms with Crippen molar-refractivity contribution in [2.75, 3.05) is 0 Å². The van der Waals surface area contributed by atoms with Crippen molar-refractivity contribution in [1.29, 1.82) is 0 Å². The second kappa shape index (κ2) is 4.76. The molecule has 0 saturated carbocycles. The van der Waals surface area contributed by atoms with Crippen LogP contribution in [0.3, 0.4) is 0 Å². The average molecular weight is 253 g/mol. The number of aryl methyl sites for hydroxylation is 2. The zero-order chi connectivity index (χ0) is 13.2. The van der Waals surface area contributed by atoms with Gasteiger partial charge in [-0.15, -0.1) is 0 Å². The number of fused-ring (bicyclic) bond motifs is 1. The second-order valence-corrected chi connectivity index (χ2v) is 4.57. The molecule has 0 aliphatic rings. The van der Waals surface area contributed by atoms with Gasteiger partial charge >= 0.3 is 0 Å². The summed E-state index contributed by atoms with van der Waals surface area (Å²) in [7, 11) is 0. The van der Waals surface area contributed by atoms with Gasteiger partial charge in [0, 0.05) is 5.39 Å². The molecule has 1 heterocycles. The van der Waals surface area contributed by atoms with Gasteiger partial charge in [0.2, 0.25) is 0 Å². The van der Waals surface area contributed by atoms with E-state index < -0.39 is 0 Å². The monoisotopic (exact) mass is 253 g/mol. The Labute approximate surface area is 111 Å². The highest BCUT2D eigenvalue weighted by Crippen LogP contribution is 2.26. The summed E-state index contributed by atoms with van der Waals surface area (Å²) in [5.41, 5.74) is 1.91. The predicted octanol–water partition coefficient (Wildman–Crippen LogP) is 4.02. The van der Waals surface area contributed by atoms with Gasteiger partial charge in [0.1, 0.15) is 18.1 Å². The van der Waals surface area contributed by atoms with Crippen LogP contribution >= 0.6 is 0 Å². The lowest BCUT2D eigenvalue weighted by atomic mass is 10.1. The van der Waals surface area contributed by atoms with Crippen molar-refractivity contribution in [3.8, 4) is 5.75 Å². The first-order chi connectivity index (χ1) is 9.25. The third-order valence-electron chi connectivity index (χ3n) is 3.30. The van der Waals surface area contributed by atoms with Crippen molar-refractivity contribution >= 4 is 10.8 Å². The number of nitrogens with zero attached hydrogens (tertiary/aromatic N) is 1. The van der Waals surface area contributed by atoms with E-state index in [4.69, 9.17) is 9.26 Å². The maximum Gasteiger partial charge on any atom is 0.140 e. The quantitative estimate of drug-likeness (QED) is 0.707. The summed E-state index contributed by atoms with van der Waals surface area (Å²) in [4.78, 5) is 0. The van der Waals surface area contributed by atoms with Crippen LogP contribution in [0, 0.1) is 13.8 Å². The first kappa shape index (κ1) is 11.8. The largest absolute Gasteiger partial charge is 0.488 e. The molecule has 0 N–H and O–H groups in total. The first-order valence-corrected chi connectivity index (χ1v) is 6.28. The van der Waals surface area contributed by atoms with E-state index in [2.05, 4.69) is 23.4 Å². The lowest BCUT2D eigenvalue weighted by molar-refractivity contribution is 0.305. The summed E-state index contributed by atoms with van der Waals surface area (Å²) in [5, 5.41) is 6.24. The SMILES string of the molecule is Cc1noc(C)c1COc1cccc2ccccc12. The Morgan fingerprint density at radius 1 is 1.05 bits per heavy atom. The van der Waals surface area contributed by atoms with Crippen LogP contribution in [0.15, 0.2) is 47.0 Å². The van der Waals surface area contributed by atoms with Crippen molar-refractivity contribution in [3.63, 3.8) is 0 Å². The molecule has 0 aliphatic heterocycles. The van der Waals surface area contributed by atoms with Gasteiger partial charge in [-0.05, 0) is 25.3 Å². The van der Waals surface area contributed by atoms with Gasteiger partial charge < -0.3 is 9.26 Å². The molecule has 3 nitrogen and oxygen atoms in total. The van der Waals surface area contributed by atoms with Gasteiger partial charge in [-0.1, -0.05) is 41.6 Å². The molecule has 19 heavy (non-hydrogen) atoms. The highest BCUT2D eigenvalue weighted by Gasteiger charge is 2.10. The molecule has 0 bridgehead atoms. The highest BCUT2D eigenvalue weighted by atomic mass is 16.5. The lowest BCUT2D eigenvalue weighted by Crippen LogP contribution is -1.98. The van der Waals surface area contributed by atoms with Gasteiger partial charge in [-0.3, -0.25) is 0 Å². The van der Waals surface area contributed by atoms with E-state index in [1.165, 1.54) is 5.39 Å². The fourth-order valence-corrected chi connectivity index (χ4v) is 2.18. The predicted molar refractivity (Wildman–Crippen MR) is 74.3 cm³/mol. The normalized spacial score (nSPS) is 10.8. The molecule has 0 fully saturated rings. The van der Waals surface area contributed by atoms with E-state index in [0.717, 1.165) is 28.2 Å². The molecule has 0 unspecified atom stereocenters. The third-order valence-corrected chi connectivity index (χ3v) is 3.30. The molecule has 0 aliphatic carbocycles. The van der Waals surface area contributed by atoms with Gasteiger partial charge in [0.25, 0.3) is 0 Å². The van der Waals surface area contributed by atoms with E-state index >= 15 is 0 Å². The minimum Gasteiger partial charge on any atom is -0.488 e. The highest BCUT2D eigenvalue weighted by molar-refractivity contribution is 5.88. The third kappa shape index (κ3) is 2.19. The molecule has 0 spiro atoms. The second-order valence-electron chi connectivity index (χ2n) is 4.57. The van der Waals surface area contributed by atoms with Crippen molar-refractivity contribution in [2.24, 2.45) is 0 Å². The summed E-state index contributed by atoms with van der Waals surface area (Å²) >= 11 is 0. The van der Waals surface area contributed by atoms with Gasteiger partial charge in [0.15, 0.2) is 0 Å². The molecule has 3 heteroatoms. The molecule has 3 rings (SSSR count). The Balaban J connectivity index is 1.90. The minimum absolute atomic E-state index is 0.481. The molecular weight excluding hydrogens is 238 g/mol. The van der Waals surface area contributed by atoms with E-state index in [1.54, 1.807) is 0 Å². The lowest BCUT2D eigenvalue weighted by Gasteiger charge is -2.09. The van der Waals surface area contributed by atoms with Crippen LogP contribution in [0.2, 0.25) is 0 Å². The van der Waals surface area contributed by atoms with E-state index in [1.807, 2.05) is 38.1 Å². The summed E-state index contributed by atoms with van der Waals surface area (Å²) in [6.45, 7) is 4.31. The Morgan fingerprint density at radius 2 is 1.84 bits per heavy atom. The van der Waals surface area contributed by atoms with Crippen molar-refractivity contribution in [2.45, 2.75) is 20.5 Å². The zero-order valence-electron chi connectivity index (χ0n) is 11.0. The fourth-order valence-electron chi connectivity index (χ4n) is 2.18. The Hall–Kier alpha value is -2.29. The molecule has 0 atom stereocenters. The summed E-state index contributed by atoms with van der Waals surface area (Å²) in [6, 6.07) is 14.3. The van der Waals surface area contributed by atoms with E-state index in [0.29, 0.717) is 6.61 Å². The van der Waals surface area contributed by atoms with Gasteiger partial charge in [-0.2, -0.15) is 0 Å². The Kier molecular flexibility index (Phi) is 2.95. The number of hydrogen-bond acceptors (Lipinski definition) is 3. The smallest absolute Gasteiger partial charge is 0.140 e. The molecule has 3 aromatic rings. The van der Waals surface area contributed by atoms with Crippen LogP contribution in [0.4, 0.5) is 0 Å². The number of benzene rings is 2. The van der Waals surface area contributed by atoms with E-state index in [-0.39, 0.29) is 0 Å². The molecule has 2 aromatic carbocycles. The Bertz CT molecular complexity index is 691. The van der Waals surface area contributed by atoms with Gasteiger partial charge in [0.05, 0.1) is 11.3 Å². The number of ether oxygens (including phenoxy) is 1. The van der Waals surface area contributed by atoms with Crippen molar-refractivity contribution < 1.29 is 9.26 Å². The van der Waals surface area contributed by atoms with Crippen LogP contribution in [0.25, 0.3) is 10.8 Å². The number of hydrogen-bond donors (Lipinski definition) is 0. The molecule has 0 amide bonds. The fraction of sp³-hybridized carbons (Fsp3) is 0.188. The van der Waals surface area contributed by atoms with Crippen molar-refractivity contribution in [3.05, 3.63) is 59.5 Å². The molecule has 0 saturated heterocycles. The van der Waals surface area contributed by atoms with Crippen LogP contribution < -0.4 is 4.74 Å².